The molecule has 2 rings (SSSR count). The summed E-state index contributed by atoms with van der Waals surface area (Å²) in [5.41, 5.74) is 2.17. The molecule has 1 aliphatic rings. The number of allylic oxidation sites excluding steroid dienone is 1. The molecule has 1 aliphatic carbocycles. The zero-order valence-electron chi connectivity index (χ0n) is 20.5. The molecule has 2 amide bonds. The fraction of sp³-hybridized carbons (Fsp3) is 0.615. The molecular weight excluding hydrogens is 416 g/mol. The van der Waals surface area contributed by atoms with Gasteiger partial charge >= 0.3 is 0 Å². The van der Waals surface area contributed by atoms with Crippen LogP contribution in [0.15, 0.2) is 36.0 Å². The van der Waals surface area contributed by atoms with Gasteiger partial charge in [0.2, 0.25) is 12.3 Å². The van der Waals surface area contributed by atoms with Crippen molar-refractivity contribution in [2.75, 3.05) is 32.8 Å². The summed E-state index contributed by atoms with van der Waals surface area (Å²) in [5, 5.41) is 12.5. The molecule has 0 radical (unpaired) electrons. The van der Waals surface area contributed by atoms with E-state index in [1.54, 1.807) is 0 Å². The Labute approximate surface area is 199 Å². The Bertz CT molecular complexity index is 749. The van der Waals surface area contributed by atoms with Crippen molar-refractivity contribution >= 4 is 12.3 Å². The second-order valence-corrected chi connectivity index (χ2v) is 9.11. The second kappa shape index (κ2) is 15.3. The van der Waals surface area contributed by atoms with Crippen LogP contribution in [0.25, 0.3) is 0 Å². The van der Waals surface area contributed by atoms with Crippen LogP contribution in [0.5, 0.6) is 5.75 Å². The van der Waals surface area contributed by atoms with E-state index in [0.717, 1.165) is 48.6 Å². The van der Waals surface area contributed by atoms with Gasteiger partial charge in [0.05, 0.1) is 6.54 Å². The van der Waals surface area contributed by atoms with Crippen LogP contribution in [0.2, 0.25) is 0 Å². The smallest absolute Gasteiger partial charge is 0.239 e. The van der Waals surface area contributed by atoms with E-state index in [1.807, 2.05) is 18.2 Å². The van der Waals surface area contributed by atoms with Gasteiger partial charge in [-0.15, -0.1) is 0 Å². The quantitative estimate of drug-likeness (QED) is 0.201. The Morgan fingerprint density at radius 1 is 1.21 bits per heavy atom. The van der Waals surface area contributed by atoms with E-state index >= 15 is 0 Å². The summed E-state index contributed by atoms with van der Waals surface area (Å²) in [7, 11) is 0. The van der Waals surface area contributed by atoms with Crippen LogP contribution in [-0.4, -0.2) is 51.1 Å². The molecular formula is C26H42N4O3. The van der Waals surface area contributed by atoms with Crippen LogP contribution in [-0.2, 0) is 16.0 Å². The van der Waals surface area contributed by atoms with Gasteiger partial charge in [0.25, 0.3) is 0 Å². The standard InChI is InChI=1S/C26H42N4O3/c1-4-7-24(29-18-26(32)30-21(3)15-22-10-11-22)17-27-12-13-33-25-9-6-5-8-23(25)14-20(2)16-28-19-31/h5-9,19-22,27,29H,4,10-18H2,1-3H3,(H,28,31)(H,30,32)/b24-7-. The molecule has 0 spiro atoms. The van der Waals surface area contributed by atoms with Gasteiger partial charge in [-0.3, -0.25) is 9.59 Å². The number of ether oxygens (including phenoxy) is 1. The molecule has 0 bridgehead atoms. The summed E-state index contributed by atoms with van der Waals surface area (Å²) in [6.07, 6.45) is 8.30. The van der Waals surface area contributed by atoms with Crippen LogP contribution in [0, 0.1) is 11.8 Å². The first kappa shape index (κ1) is 26.7. The summed E-state index contributed by atoms with van der Waals surface area (Å²) in [5.74, 6) is 2.07. The van der Waals surface area contributed by atoms with Gasteiger partial charge < -0.3 is 26.0 Å². The first-order chi connectivity index (χ1) is 16.0. The van der Waals surface area contributed by atoms with E-state index < -0.39 is 0 Å². The molecule has 184 valence electrons. The fourth-order valence-electron chi connectivity index (χ4n) is 3.85. The molecule has 0 heterocycles. The Balaban J connectivity index is 1.67. The lowest BCUT2D eigenvalue weighted by atomic mass is 10.0. The van der Waals surface area contributed by atoms with Gasteiger partial charge in [-0.2, -0.15) is 0 Å². The highest BCUT2D eigenvalue weighted by molar-refractivity contribution is 5.78. The van der Waals surface area contributed by atoms with E-state index in [4.69, 9.17) is 4.74 Å². The SMILES string of the molecule is CC/C=C(/CNCCOc1ccccc1CC(C)CNC=O)NCC(=O)NC(C)CC1CC1. The first-order valence-electron chi connectivity index (χ1n) is 12.3. The molecule has 0 saturated heterocycles. The van der Waals surface area contributed by atoms with Crippen molar-refractivity contribution in [3.8, 4) is 5.75 Å². The third kappa shape index (κ3) is 11.8. The van der Waals surface area contributed by atoms with E-state index in [9.17, 15) is 9.59 Å². The summed E-state index contributed by atoms with van der Waals surface area (Å²) in [4.78, 5) is 22.7. The number of nitrogens with one attached hydrogen (secondary N) is 4. The van der Waals surface area contributed by atoms with Crippen molar-refractivity contribution < 1.29 is 14.3 Å². The van der Waals surface area contributed by atoms with Crippen molar-refractivity contribution in [1.82, 2.24) is 21.3 Å². The largest absolute Gasteiger partial charge is 0.492 e. The molecule has 1 aromatic rings. The zero-order chi connectivity index (χ0) is 23.9. The molecule has 33 heavy (non-hydrogen) atoms. The minimum atomic E-state index is 0.0441. The summed E-state index contributed by atoms with van der Waals surface area (Å²) < 4.78 is 6.01. The van der Waals surface area contributed by atoms with Crippen molar-refractivity contribution in [1.29, 1.82) is 0 Å². The predicted molar refractivity (Wildman–Crippen MR) is 133 cm³/mol. The molecule has 4 N–H and O–H groups in total. The summed E-state index contributed by atoms with van der Waals surface area (Å²) >= 11 is 0. The van der Waals surface area contributed by atoms with Gasteiger partial charge in [-0.25, -0.2) is 0 Å². The van der Waals surface area contributed by atoms with Gasteiger partial charge in [0, 0.05) is 31.4 Å². The Morgan fingerprint density at radius 2 is 2.00 bits per heavy atom. The lowest BCUT2D eigenvalue weighted by molar-refractivity contribution is -0.120. The van der Waals surface area contributed by atoms with E-state index in [1.165, 1.54) is 12.8 Å². The number of benzene rings is 1. The average molecular weight is 459 g/mol. The van der Waals surface area contributed by atoms with Crippen LogP contribution >= 0.6 is 0 Å². The second-order valence-electron chi connectivity index (χ2n) is 9.11. The summed E-state index contributed by atoms with van der Waals surface area (Å²) in [6, 6.07) is 8.29. The van der Waals surface area contributed by atoms with Gasteiger partial charge in [0.15, 0.2) is 0 Å². The number of hydrogen-bond donors (Lipinski definition) is 4. The molecule has 0 aromatic heterocycles. The Morgan fingerprint density at radius 3 is 2.73 bits per heavy atom. The number of hydrogen-bond acceptors (Lipinski definition) is 5. The van der Waals surface area contributed by atoms with Crippen molar-refractivity contribution in [3.05, 3.63) is 41.6 Å². The fourth-order valence-corrected chi connectivity index (χ4v) is 3.85. The summed E-state index contributed by atoms with van der Waals surface area (Å²) in [6.45, 7) is 9.14. The zero-order valence-corrected chi connectivity index (χ0v) is 20.5. The molecule has 7 nitrogen and oxygen atoms in total. The number of para-hydroxylation sites is 1. The van der Waals surface area contributed by atoms with Gasteiger partial charge in [-0.1, -0.05) is 51.0 Å². The topological polar surface area (TPSA) is 91.5 Å². The highest BCUT2D eigenvalue weighted by Crippen LogP contribution is 2.33. The van der Waals surface area contributed by atoms with Crippen molar-refractivity contribution in [3.63, 3.8) is 0 Å². The highest BCUT2D eigenvalue weighted by Gasteiger charge is 2.24. The number of rotatable bonds is 18. The maximum Gasteiger partial charge on any atom is 0.239 e. The molecule has 1 saturated carbocycles. The Hall–Kier alpha value is -2.54. The normalized spacial score (nSPS) is 15.4. The third-order valence-corrected chi connectivity index (χ3v) is 5.66. The highest BCUT2D eigenvalue weighted by atomic mass is 16.5. The number of amides is 2. The van der Waals surface area contributed by atoms with Crippen molar-refractivity contribution in [2.24, 2.45) is 11.8 Å². The van der Waals surface area contributed by atoms with Crippen molar-refractivity contribution in [2.45, 2.75) is 58.9 Å². The average Bonchev–Trinajstić information content (AvgIpc) is 3.60. The third-order valence-electron chi connectivity index (χ3n) is 5.66. The number of carbonyl (C=O) groups is 2. The van der Waals surface area contributed by atoms with Crippen LogP contribution in [0.3, 0.4) is 0 Å². The molecule has 1 fully saturated rings. The number of carbonyl (C=O) groups excluding carboxylic acids is 2. The minimum absolute atomic E-state index is 0.0441. The minimum Gasteiger partial charge on any atom is -0.492 e. The predicted octanol–water partition coefficient (Wildman–Crippen LogP) is 2.77. The molecule has 2 atom stereocenters. The lowest BCUT2D eigenvalue weighted by Gasteiger charge is -2.17. The van der Waals surface area contributed by atoms with E-state index in [2.05, 4.69) is 54.2 Å². The maximum absolute atomic E-state index is 12.2. The van der Waals surface area contributed by atoms with Crippen LogP contribution in [0.4, 0.5) is 0 Å². The Kier molecular flexibility index (Phi) is 12.4. The first-order valence-corrected chi connectivity index (χ1v) is 12.3. The van der Waals surface area contributed by atoms with E-state index in [0.29, 0.717) is 38.7 Å². The van der Waals surface area contributed by atoms with Gasteiger partial charge in [-0.05, 0) is 49.7 Å². The lowest BCUT2D eigenvalue weighted by Crippen LogP contribution is -2.40. The van der Waals surface area contributed by atoms with Crippen LogP contribution < -0.4 is 26.0 Å². The monoisotopic (exact) mass is 458 g/mol. The maximum atomic E-state index is 12.2. The molecule has 0 aliphatic heterocycles. The van der Waals surface area contributed by atoms with Gasteiger partial charge in [0.1, 0.15) is 12.4 Å². The van der Waals surface area contributed by atoms with Crippen LogP contribution in [0.1, 0.15) is 52.0 Å². The molecule has 2 unspecified atom stereocenters. The molecule has 7 heteroatoms. The molecule has 1 aromatic carbocycles. The van der Waals surface area contributed by atoms with E-state index in [-0.39, 0.29) is 11.9 Å².